The van der Waals surface area contributed by atoms with Crippen molar-refractivity contribution in [2.24, 2.45) is 0 Å². The first-order valence-corrected chi connectivity index (χ1v) is 11.8. The maximum atomic E-state index is 12.6. The molecule has 1 unspecified atom stereocenters. The normalized spacial score (nSPS) is 15.9. The Labute approximate surface area is 179 Å². The third-order valence-corrected chi connectivity index (χ3v) is 7.23. The van der Waals surface area contributed by atoms with Crippen LogP contribution in [0.4, 0.5) is 0 Å². The summed E-state index contributed by atoms with van der Waals surface area (Å²) in [6.07, 6.45) is 1.18. The number of sulfonamides is 1. The summed E-state index contributed by atoms with van der Waals surface area (Å²) in [5.41, 5.74) is 2.05. The highest BCUT2D eigenvalue weighted by Crippen LogP contribution is 2.21. The lowest BCUT2D eigenvalue weighted by atomic mass is 10.0. The van der Waals surface area contributed by atoms with E-state index in [0.717, 1.165) is 18.4 Å². The summed E-state index contributed by atoms with van der Waals surface area (Å²) in [6.45, 7) is 7.43. The molecule has 30 heavy (non-hydrogen) atoms. The second-order valence-corrected chi connectivity index (χ2v) is 9.89. The van der Waals surface area contributed by atoms with Crippen LogP contribution in [-0.2, 0) is 21.4 Å². The fraction of sp³-hybridized carbons (Fsp3) is 0.435. The highest BCUT2D eigenvalue weighted by Gasteiger charge is 2.26. The topological polar surface area (TPSA) is 75.7 Å². The summed E-state index contributed by atoms with van der Waals surface area (Å²) in [4.78, 5) is 12.6. The summed E-state index contributed by atoms with van der Waals surface area (Å²) in [7, 11) is -3.42. The van der Waals surface area contributed by atoms with Crippen molar-refractivity contribution in [1.82, 2.24) is 9.62 Å². The van der Waals surface area contributed by atoms with Crippen LogP contribution in [0, 0.1) is 0 Å². The highest BCUT2D eigenvalue weighted by atomic mass is 32.2. The molecule has 1 atom stereocenters. The van der Waals surface area contributed by atoms with Crippen LogP contribution in [0.1, 0.15) is 50.7 Å². The maximum Gasteiger partial charge on any atom is 0.261 e. The molecule has 3 rings (SSSR count). The van der Waals surface area contributed by atoms with Crippen molar-refractivity contribution in [3.63, 3.8) is 0 Å². The number of hydrogen-bond donors (Lipinski definition) is 1. The third-order valence-electron chi connectivity index (χ3n) is 5.32. The number of benzene rings is 2. The van der Waals surface area contributed by atoms with Gasteiger partial charge in [0.25, 0.3) is 5.91 Å². The molecule has 1 amide bonds. The standard InChI is InChI=1S/C23H30N2O4S/c1-17(2)20-8-10-21(11-9-20)29-18(3)23(26)24-16-19-6-12-22(13-7-19)30(27,28)25-14-4-5-15-25/h6-13,17-18H,4-5,14-16H2,1-3H3,(H,24,26). The molecule has 0 aromatic heterocycles. The molecule has 1 aliphatic heterocycles. The zero-order chi connectivity index (χ0) is 21.7. The molecule has 7 heteroatoms. The lowest BCUT2D eigenvalue weighted by Crippen LogP contribution is -2.35. The molecule has 1 N–H and O–H groups in total. The van der Waals surface area contributed by atoms with Crippen LogP contribution in [0.25, 0.3) is 0 Å². The van der Waals surface area contributed by atoms with Crippen LogP contribution >= 0.6 is 0 Å². The number of rotatable bonds is 8. The molecule has 6 nitrogen and oxygen atoms in total. The van der Waals surface area contributed by atoms with Gasteiger partial charge in [0, 0.05) is 19.6 Å². The van der Waals surface area contributed by atoms with Gasteiger partial charge in [-0.2, -0.15) is 4.31 Å². The van der Waals surface area contributed by atoms with Crippen molar-refractivity contribution in [3.05, 3.63) is 59.7 Å². The van der Waals surface area contributed by atoms with Gasteiger partial charge in [-0.25, -0.2) is 8.42 Å². The van der Waals surface area contributed by atoms with Gasteiger partial charge in [0.1, 0.15) is 5.75 Å². The van der Waals surface area contributed by atoms with E-state index in [4.69, 9.17) is 4.74 Å². The molecule has 1 saturated heterocycles. The molecular formula is C23H30N2O4S. The molecule has 2 aromatic rings. The van der Waals surface area contributed by atoms with Crippen LogP contribution in [0.2, 0.25) is 0 Å². The minimum absolute atomic E-state index is 0.225. The van der Waals surface area contributed by atoms with Crippen molar-refractivity contribution in [3.8, 4) is 5.75 Å². The number of amides is 1. The first kappa shape index (κ1) is 22.3. The minimum atomic E-state index is -3.42. The number of carbonyl (C=O) groups excluding carboxylic acids is 1. The Morgan fingerprint density at radius 1 is 1.00 bits per heavy atom. The molecule has 0 saturated carbocycles. The van der Waals surface area contributed by atoms with Gasteiger partial charge in [0.05, 0.1) is 4.90 Å². The van der Waals surface area contributed by atoms with E-state index >= 15 is 0 Å². The molecule has 1 aliphatic rings. The van der Waals surface area contributed by atoms with Gasteiger partial charge in [-0.05, 0) is 61.1 Å². The Morgan fingerprint density at radius 2 is 1.60 bits per heavy atom. The monoisotopic (exact) mass is 430 g/mol. The van der Waals surface area contributed by atoms with Crippen LogP contribution in [0.3, 0.4) is 0 Å². The summed E-state index contributed by atoms with van der Waals surface area (Å²) in [5, 5.41) is 2.84. The van der Waals surface area contributed by atoms with Crippen molar-refractivity contribution < 1.29 is 17.9 Å². The number of carbonyl (C=O) groups is 1. The van der Waals surface area contributed by atoms with Gasteiger partial charge < -0.3 is 10.1 Å². The van der Waals surface area contributed by atoms with Crippen LogP contribution in [0.5, 0.6) is 5.75 Å². The molecule has 162 valence electrons. The molecule has 0 spiro atoms. The Balaban J connectivity index is 1.52. The summed E-state index contributed by atoms with van der Waals surface area (Å²) in [5.74, 6) is 0.867. The number of hydrogen-bond acceptors (Lipinski definition) is 4. The minimum Gasteiger partial charge on any atom is -0.481 e. The summed E-state index contributed by atoms with van der Waals surface area (Å²) >= 11 is 0. The van der Waals surface area contributed by atoms with Crippen molar-refractivity contribution in [2.45, 2.75) is 57.1 Å². The van der Waals surface area contributed by atoms with Gasteiger partial charge in [0.15, 0.2) is 6.10 Å². The van der Waals surface area contributed by atoms with E-state index < -0.39 is 16.1 Å². The predicted octanol–water partition coefficient (Wildman–Crippen LogP) is 3.68. The van der Waals surface area contributed by atoms with Gasteiger partial charge >= 0.3 is 0 Å². The molecule has 1 fully saturated rings. The summed E-state index contributed by atoms with van der Waals surface area (Å²) < 4.78 is 32.4. The maximum absolute atomic E-state index is 12.6. The van der Waals surface area contributed by atoms with E-state index in [1.165, 1.54) is 9.87 Å². The third kappa shape index (κ3) is 5.40. The van der Waals surface area contributed by atoms with Gasteiger partial charge in [-0.3, -0.25) is 4.79 Å². The number of nitrogens with one attached hydrogen (secondary N) is 1. The van der Waals surface area contributed by atoms with E-state index in [2.05, 4.69) is 19.2 Å². The van der Waals surface area contributed by atoms with Gasteiger partial charge in [-0.1, -0.05) is 38.1 Å². The van der Waals surface area contributed by atoms with Crippen molar-refractivity contribution >= 4 is 15.9 Å². The molecule has 2 aromatic carbocycles. The molecule has 0 bridgehead atoms. The van der Waals surface area contributed by atoms with E-state index in [-0.39, 0.29) is 5.91 Å². The van der Waals surface area contributed by atoms with E-state index in [0.29, 0.717) is 36.2 Å². The quantitative estimate of drug-likeness (QED) is 0.693. The van der Waals surface area contributed by atoms with Crippen molar-refractivity contribution in [1.29, 1.82) is 0 Å². The first-order valence-electron chi connectivity index (χ1n) is 10.4. The Morgan fingerprint density at radius 3 is 2.17 bits per heavy atom. The van der Waals surface area contributed by atoms with E-state index in [1.54, 1.807) is 31.2 Å². The fourth-order valence-electron chi connectivity index (χ4n) is 3.38. The summed E-state index contributed by atoms with van der Waals surface area (Å²) in [6, 6.07) is 14.4. The van der Waals surface area contributed by atoms with Crippen molar-refractivity contribution in [2.75, 3.05) is 13.1 Å². The zero-order valence-corrected chi connectivity index (χ0v) is 18.6. The van der Waals surface area contributed by atoms with Crippen LogP contribution < -0.4 is 10.1 Å². The molecular weight excluding hydrogens is 400 g/mol. The Kier molecular flexibility index (Phi) is 7.15. The second-order valence-electron chi connectivity index (χ2n) is 7.96. The van der Waals surface area contributed by atoms with Gasteiger partial charge in [-0.15, -0.1) is 0 Å². The molecule has 0 radical (unpaired) electrons. The fourth-order valence-corrected chi connectivity index (χ4v) is 4.90. The van der Waals surface area contributed by atoms with Crippen LogP contribution in [-0.4, -0.2) is 37.8 Å². The Bertz CT molecular complexity index is 948. The van der Waals surface area contributed by atoms with E-state index in [9.17, 15) is 13.2 Å². The zero-order valence-electron chi connectivity index (χ0n) is 17.8. The molecule has 1 heterocycles. The first-order chi connectivity index (χ1) is 14.3. The number of nitrogens with zero attached hydrogens (tertiary/aromatic N) is 1. The Hall–Kier alpha value is -2.38. The number of ether oxygens (including phenoxy) is 1. The smallest absolute Gasteiger partial charge is 0.261 e. The average Bonchev–Trinajstić information content (AvgIpc) is 3.28. The molecule has 0 aliphatic carbocycles. The highest BCUT2D eigenvalue weighted by molar-refractivity contribution is 7.89. The van der Waals surface area contributed by atoms with Crippen LogP contribution in [0.15, 0.2) is 53.4 Å². The van der Waals surface area contributed by atoms with Gasteiger partial charge in [0.2, 0.25) is 10.0 Å². The second kappa shape index (κ2) is 9.62. The average molecular weight is 431 g/mol. The SMILES string of the molecule is CC(Oc1ccc(C(C)C)cc1)C(=O)NCc1ccc(S(=O)(=O)N2CCCC2)cc1. The lowest BCUT2D eigenvalue weighted by Gasteiger charge is -2.16. The largest absolute Gasteiger partial charge is 0.481 e. The predicted molar refractivity (Wildman–Crippen MR) is 117 cm³/mol. The van der Waals surface area contributed by atoms with E-state index in [1.807, 2.05) is 24.3 Å². The lowest BCUT2D eigenvalue weighted by molar-refractivity contribution is -0.127.